The van der Waals surface area contributed by atoms with Crippen LogP contribution in [0.4, 0.5) is 11.4 Å². The molecule has 0 saturated carbocycles. The van der Waals surface area contributed by atoms with Crippen molar-refractivity contribution >= 4 is 29.0 Å². The molecule has 1 heterocycles. The number of nitrogens with one attached hydrogen (secondary N) is 1. The molecule has 0 aliphatic carbocycles. The minimum absolute atomic E-state index is 0.0115. The molecule has 2 aromatic carbocycles. The Hall–Kier alpha value is -3.80. The van der Waals surface area contributed by atoms with Crippen molar-refractivity contribution in [1.29, 1.82) is 0 Å². The Labute approximate surface area is 180 Å². The third kappa shape index (κ3) is 5.42. The van der Waals surface area contributed by atoms with E-state index < -0.39 is 4.92 Å². The third-order valence-electron chi connectivity index (χ3n) is 3.99. The van der Waals surface area contributed by atoms with Crippen molar-refractivity contribution in [3.63, 3.8) is 0 Å². The normalized spacial score (nSPS) is 10.4. The zero-order valence-electron chi connectivity index (χ0n) is 16.8. The van der Waals surface area contributed by atoms with E-state index in [1.807, 2.05) is 0 Å². The lowest BCUT2D eigenvalue weighted by Crippen LogP contribution is -2.14. The van der Waals surface area contributed by atoms with E-state index in [4.69, 9.17) is 18.6 Å². The first-order valence-electron chi connectivity index (χ1n) is 8.75. The number of hydrogen-bond acceptors (Lipinski definition) is 10. The van der Waals surface area contributed by atoms with Gasteiger partial charge in [-0.3, -0.25) is 14.9 Å². The van der Waals surface area contributed by atoms with Crippen LogP contribution in [0.1, 0.15) is 0 Å². The fraction of sp³-hybridized carbons (Fsp3) is 0.211. The standard InChI is InChI=1S/C19H18N4O7S/c1-27-13-6-11(7-14(9-13)28-2)18-21-22-19(30-18)31-10-17(24)20-12-4-5-15(23(25)26)16(8-12)29-3/h4-9H,10H2,1-3H3,(H,20,24). The van der Waals surface area contributed by atoms with Crippen molar-refractivity contribution in [2.75, 3.05) is 32.4 Å². The molecule has 0 aliphatic heterocycles. The highest BCUT2D eigenvalue weighted by molar-refractivity contribution is 7.99. The lowest BCUT2D eigenvalue weighted by atomic mass is 10.2. The van der Waals surface area contributed by atoms with E-state index >= 15 is 0 Å². The average molecular weight is 446 g/mol. The van der Waals surface area contributed by atoms with Gasteiger partial charge in [-0.1, -0.05) is 11.8 Å². The number of ether oxygens (including phenoxy) is 3. The zero-order chi connectivity index (χ0) is 22.4. The topological polar surface area (TPSA) is 139 Å². The first-order valence-corrected chi connectivity index (χ1v) is 9.74. The van der Waals surface area contributed by atoms with Crippen molar-refractivity contribution in [3.05, 3.63) is 46.5 Å². The van der Waals surface area contributed by atoms with Gasteiger partial charge in [0.2, 0.25) is 11.8 Å². The van der Waals surface area contributed by atoms with E-state index in [9.17, 15) is 14.9 Å². The van der Waals surface area contributed by atoms with E-state index in [1.165, 1.54) is 39.5 Å². The predicted molar refractivity (Wildman–Crippen MR) is 112 cm³/mol. The molecule has 0 spiro atoms. The van der Waals surface area contributed by atoms with Crippen LogP contribution in [0.5, 0.6) is 17.2 Å². The molecule has 1 amide bonds. The molecule has 1 N–H and O–H groups in total. The van der Waals surface area contributed by atoms with Crippen molar-refractivity contribution in [2.45, 2.75) is 5.22 Å². The summed E-state index contributed by atoms with van der Waals surface area (Å²) < 4.78 is 21.0. The van der Waals surface area contributed by atoms with Gasteiger partial charge in [0, 0.05) is 29.4 Å². The maximum Gasteiger partial charge on any atom is 0.311 e. The van der Waals surface area contributed by atoms with Gasteiger partial charge in [0.05, 0.1) is 32.0 Å². The number of benzene rings is 2. The number of carbonyl (C=O) groups is 1. The average Bonchev–Trinajstić information content (AvgIpc) is 3.26. The Balaban J connectivity index is 1.63. The van der Waals surface area contributed by atoms with Crippen molar-refractivity contribution in [1.82, 2.24) is 10.2 Å². The summed E-state index contributed by atoms with van der Waals surface area (Å²) in [5.41, 5.74) is 0.781. The first-order chi connectivity index (χ1) is 14.9. The molecule has 0 fully saturated rings. The molecule has 0 aliphatic rings. The van der Waals surface area contributed by atoms with E-state index in [0.717, 1.165) is 11.8 Å². The van der Waals surface area contributed by atoms with Crippen LogP contribution >= 0.6 is 11.8 Å². The molecule has 31 heavy (non-hydrogen) atoms. The number of carbonyl (C=O) groups excluding carboxylic acids is 1. The van der Waals surface area contributed by atoms with Gasteiger partial charge < -0.3 is 23.9 Å². The van der Waals surface area contributed by atoms with Gasteiger partial charge in [-0.05, 0) is 18.2 Å². The maximum atomic E-state index is 12.2. The van der Waals surface area contributed by atoms with Crippen molar-refractivity contribution < 1.29 is 28.3 Å². The first kappa shape index (κ1) is 21.9. The number of thioether (sulfide) groups is 1. The van der Waals surface area contributed by atoms with Gasteiger partial charge in [0.25, 0.3) is 5.22 Å². The Morgan fingerprint density at radius 3 is 2.42 bits per heavy atom. The summed E-state index contributed by atoms with van der Waals surface area (Å²) >= 11 is 1.05. The quantitative estimate of drug-likeness (QED) is 0.295. The predicted octanol–water partition coefficient (Wildman–Crippen LogP) is 3.40. The molecular formula is C19H18N4O7S. The molecule has 0 radical (unpaired) electrons. The van der Waals surface area contributed by atoms with Crippen LogP contribution < -0.4 is 19.5 Å². The molecule has 0 atom stereocenters. The third-order valence-corrected chi connectivity index (χ3v) is 4.81. The number of nitro groups is 1. The summed E-state index contributed by atoms with van der Waals surface area (Å²) in [5, 5.41) is 21.7. The van der Waals surface area contributed by atoms with Crippen LogP contribution in [-0.2, 0) is 4.79 Å². The summed E-state index contributed by atoms with van der Waals surface area (Å²) in [6.45, 7) is 0. The number of rotatable bonds is 9. The van der Waals surface area contributed by atoms with Gasteiger partial charge in [-0.15, -0.1) is 10.2 Å². The Morgan fingerprint density at radius 2 is 1.81 bits per heavy atom. The largest absolute Gasteiger partial charge is 0.497 e. The fourth-order valence-electron chi connectivity index (χ4n) is 2.55. The van der Waals surface area contributed by atoms with Gasteiger partial charge in [-0.2, -0.15) is 0 Å². The molecule has 0 bridgehead atoms. The van der Waals surface area contributed by atoms with E-state index in [1.54, 1.807) is 18.2 Å². The van der Waals surface area contributed by atoms with Gasteiger partial charge >= 0.3 is 5.69 Å². The Morgan fingerprint density at radius 1 is 1.10 bits per heavy atom. The number of aromatic nitrogens is 2. The monoisotopic (exact) mass is 446 g/mol. The SMILES string of the molecule is COc1cc(OC)cc(-c2nnc(SCC(=O)Nc3ccc([N+](=O)[O-])c(OC)c3)o2)c1. The van der Waals surface area contributed by atoms with Crippen LogP contribution in [0, 0.1) is 10.1 Å². The van der Waals surface area contributed by atoms with E-state index in [0.29, 0.717) is 22.7 Å². The number of methoxy groups -OCH3 is 3. The summed E-state index contributed by atoms with van der Waals surface area (Å²) in [7, 11) is 4.38. The number of nitro benzene ring substituents is 1. The zero-order valence-corrected chi connectivity index (χ0v) is 17.6. The second-order valence-corrected chi connectivity index (χ2v) is 6.88. The van der Waals surface area contributed by atoms with Crippen LogP contribution in [0.3, 0.4) is 0 Å². The Kier molecular flexibility index (Phi) is 6.92. The van der Waals surface area contributed by atoms with Crippen LogP contribution in [0.25, 0.3) is 11.5 Å². The second kappa shape index (κ2) is 9.80. The van der Waals surface area contributed by atoms with Gasteiger partial charge in [-0.25, -0.2) is 0 Å². The highest BCUT2D eigenvalue weighted by atomic mass is 32.2. The minimum Gasteiger partial charge on any atom is -0.497 e. The number of hydrogen-bond donors (Lipinski definition) is 1. The molecule has 12 heteroatoms. The minimum atomic E-state index is -0.564. The van der Waals surface area contributed by atoms with Crippen LogP contribution in [0.2, 0.25) is 0 Å². The Bertz CT molecular complexity index is 1080. The van der Waals surface area contributed by atoms with Crippen LogP contribution in [0.15, 0.2) is 46.0 Å². The summed E-state index contributed by atoms with van der Waals surface area (Å²) in [6.07, 6.45) is 0. The summed E-state index contributed by atoms with van der Waals surface area (Å²) in [6, 6.07) is 9.21. The number of amides is 1. The molecule has 11 nitrogen and oxygen atoms in total. The molecule has 3 rings (SSSR count). The maximum absolute atomic E-state index is 12.2. The van der Waals surface area contributed by atoms with Gasteiger partial charge in [0.1, 0.15) is 11.5 Å². The molecule has 162 valence electrons. The van der Waals surface area contributed by atoms with Gasteiger partial charge in [0.15, 0.2) is 5.75 Å². The fourth-order valence-corrected chi connectivity index (χ4v) is 3.11. The van der Waals surface area contributed by atoms with Crippen LogP contribution in [-0.4, -0.2) is 48.1 Å². The number of anilines is 1. The molecule has 1 aromatic heterocycles. The molecule has 0 saturated heterocycles. The highest BCUT2D eigenvalue weighted by Gasteiger charge is 2.17. The second-order valence-electron chi connectivity index (χ2n) is 5.96. The van der Waals surface area contributed by atoms with E-state index in [-0.39, 0.29) is 34.2 Å². The smallest absolute Gasteiger partial charge is 0.311 e. The van der Waals surface area contributed by atoms with Crippen molar-refractivity contribution in [2.24, 2.45) is 0 Å². The lowest BCUT2D eigenvalue weighted by Gasteiger charge is -2.07. The van der Waals surface area contributed by atoms with Crippen molar-refractivity contribution in [3.8, 4) is 28.7 Å². The summed E-state index contributed by atoms with van der Waals surface area (Å²) in [4.78, 5) is 22.6. The lowest BCUT2D eigenvalue weighted by molar-refractivity contribution is -0.385. The van der Waals surface area contributed by atoms with E-state index in [2.05, 4.69) is 15.5 Å². The summed E-state index contributed by atoms with van der Waals surface area (Å²) in [5.74, 6) is 1.07. The number of nitrogens with zero attached hydrogens (tertiary/aromatic N) is 3. The molecular weight excluding hydrogens is 428 g/mol. The molecule has 0 unspecified atom stereocenters. The molecule has 3 aromatic rings. The highest BCUT2D eigenvalue weighted by Crippen LogP contribution is 2.31.